The van der Waals surface area contributed by atoms with Gasteiger partial charge in [0.2, 0.25) is 5.82 Å². The molecule has 1 aromatic carbocycles. The predicted octanol–water partition coefficient (Wildman–Crippen LogP) is 1.50. The maximum atomic E-state index is 12.4. The third-order valence-electron chi connectivity index (χ3n) is 3.86. The molecule has 2 heterocycles. The molecule has 1 atom stereocenters. The minimum absolute atomic E-state index is 0.0259. The minimum Gasteiger partial charge on any atom is -0.468 e. The zero-order chi connectivity index (χ0) is 17.8. The highest BCUT2D eigenvalue weighted by Crippen LogP contribution is 2.18. The highest BCUT2D eigenvalue weighted by atomic mass is 16.3. The average molecular weight is 340 g/mol. The molecule has 1 N–H and O–H groups in total. The number of carbonyl (C=O) groups is 1. The SMILES string of the molecule is CN(C)[C@H](CNC(=O)c1ccc(-c2nnn(C)n2)cc1)c1ccco1. The Hall–Kier alpha value is -3.00. The molecule has 8 nitrogen and oxygen atoms in total. The van der Waals surface area contributed by atoms with Gasteiger partial charge in [-0.2, -0.15) is 4.80 Å². The third-order valence-corrected chi connectivity index (χ3v) is 3.86. The van der Waals surface area contributed by atoms with Gasteiger partial charge in [-0.25, -0.2) is 0 Å². The number of benzene rings is 1. The summed E-state index contributed by atoms with van der Waals surface area (Å²) in [6, 6.07) is 10.8. The van der Waals surface area contributed by atoms with Crippen LogP contribution >= 0.6 is 0 Å². The zero-order valence-electron chi connectivity index (χ0n) is 14.4. The van der Waals surface area contributed by atoms with Gasteiger partial charge in [-0.05, 0) is 43.6 Å². The molecule has 8 heteroatoms. The average Bonchev–Trinajstić information content (AvgIpc) is 3.27. The van der Waals surface area contributed by atoms with Crippen molar-refractivity contribution in [2.24, 2.45) is 7.05 Å². The van der Waals surface area contributed by atoms with Gasteiger partial charge in [0.25, 0.3) is 5.91 Å². The lowest BCUT2D eigenvalue weighted by Crippen LogP contribution is -2.34. The van der Waals surface area contributed by atoms with E-state index in [9.17, 15) is 4.79 Å². The van der Waals surface area contributed by atoms with Crippen molar-refractivity contribution in [1.82, 2.24) is 30.4 Å². The van der Waals surface area contributed by atoms with E-state index in [1.54, 1.807) is 25.4 Å². The molecule has 0 spiro atoms. The Labute approximate surface area is 145 Å². The molecule has 0 bridgehead atoms. The molecule has 3 rings (SSSR count). The van der Waals surface area contributed by atoms with Gasteiger partial charge in [-0.15, -0.1) is 10.2 Å². The first-order valence-corrected chi connectivity index (χ1v) is 7.87. The van der Waals surface area contributed by atoms with Crippen LogP contribution in [0.3, 0.4) is 0 Å². The molecule has 0 radical (unpaired) electrons. The quantitative estimate of drug-likeness (QED) is 0.731. The molecule has 3 aromatic rings. The van der Waals surface area contributed by atoms with Gasteiger partial charge in [0.1, 0.15) is 5.76 Å². The van der Waals surface area contributed by atoms with Crippen LogP contribution in [0.5, 0.6) is 0 Å². The number of furan rings is 1. The summed E-state index contributed by atoms with van der Waals surface area (Å²) in [7, 11) is 5.60. The summed E-state index contributed by atoms with van der Waals surface area (Å²) in [6.45, 7) is 0.451. The van der Waals surface area contributed by atoms with E-state index in [2.05, 4.69) is 20.7 Å². The molecule has 130 valence electrons. The van der Waals surface area contributed by atoms with Crippen molar-refractivity contribution < 1.29 is 9.21 Å². The molecular weight excluding hydrogens is 320 g/mol. The van der Waals surface area contributed by atoms with Crippen molar-refractivity contribution in [2.45, 2.75) is 6.04 Å². The van der Waals surface area contributed by atoms with Crippen LogP contribution in [0.15, 0.2) is 47.1 Å². The Kier molecular flexibility index (Phi) is 4.90. The first kappa shape index (κ1) is 16.8. The van der Waals surface area contributed by atoms with Crippen molar-refractivity contribution in [3.8, 4) is 11.4 Å². The van der Waals surface area contributed by atoms with Gasteiger partial charge in [-0.1, -0.05) is 12.1 Å². The molecule has 2 aromatic heterocycles. The molecule has 0 aliphatic heterocycles. The van der Waals surface area contributed by atoms with Crippen LogP contribution in [-0.2, 0) is 7.05 Å². The van der Waals surface area contributed by atoms with E-state index in [4.69, 9.17) is 4.42 Å². The molecule has 0 fully saturated rings. The van der Waals surface area contributed by atoms with Gasteiger partial charge in [0, 0.05) is 17.7 Å². The first-order valence-electron chi connectivity index (χ1n) is 7.87. The fourth-order valence-corrected chi connectivity index (χ4v) is 2.48. The maximum Gasteiger partial charge on any atom is 0.251 e. The Balaban J connectivity index is 1.65. The molecule has 25 heavy (non-hydrogen) atoms. The van der Waals surface area contributed by atoms with E-state index >= 15 is 0 Å². The van der Waals surface area contributed by atoms with Crippen LogP contribution in [-0.4, -0.2) is 51.7 Å². The lowest BCUT2D eigenvalue weighted by molar-refractivity contribution is 0.0939. The van der Waals surface area contributed by atoms with Crippen LogP contribution in [0.2, 0.25) is 0 Å². The van der Waals surface area contributed by atoms with Crippen LogP contribution in [0.4, 0.5) is 0 Å². The van der Waals surface area contributed by atoms with E-state index in [1.165, 1.54) is 4.80 Å². The van der Waals surface area contributed by atoms with E-state index in [-0.39, 0.29) is 11.9 Å². The highest BCUT2D eigenvalue weighted by molar-refractivity contribution is 5.94. The molecule has 1 amide bonds. The summed E-state index contributed by atoms with van der Waals surface area (Å²) in [5, 5.41) is 14.8. The van der Waals surface area contributed by atoms with Crippen molar-refractivity contribution in [3.63, 3.8) is 0 Å². The number of aryl methyl sites for hydroxylation is 1. The van der Waals surface area contributed by atoms with Crippen LogP contribution < -0.4 is 5.32 Å². The van der Waals surface area contributed by atoms with E-state index in [0.717, 1.165) is 11.3 Å². The van der Waals surface area contributed by atoms with Crippen molar-refractivity contribution in [1.29, 1.82) is 0 Å². The van der Waals surface area contributed by atoms with Crippen molar-refractivity contribution >= 4 is 5.91 Å². The smallest absolute Gasteiger partial charge is 0.251 e. The number of carbonyl (C=O) groups excluding carboxylic acids is 1. The number of hydrogen-bond acceptors (Lipinski definition) is 6. The number of nitrogens with zero attached hydrogens (tertiary/aromatic N) is 5. The highest BCUT2D eigenvalue weighted by Gasteiger charge is 2.18. The fraction of sp³-hybridized carbons (Fsp3) is 0.294. The molecular formula is C17H20N6O2. The summed E-state index contributed by atoms with van der Waals surface area (Å²) in [6.07, 6.45) is 1.63. The number of likely N-dealkylation sites (N-methyl/N-ethyl adjacent to an activating group) is 1. The number of hydrogen-bond donors (Lipinski definition) is 1. The number of amides is 1. The molecule has 0 unspecified atom stereocenters. The lowest BCUT2D eigenvalue weighted by atomic mass is 10.1. The Morgan fingerprint density at radius 3 is 2.60 bits per heavy atom. The summed E-state index contributed by atoms with van der Waals surface area (Å²) in [5.74, 6) is 1.20. The normalized spacial score (nSPS) is 12.3. The molecule has 0 saturated carbocycles. The second-order valence-corrected chi connectivity index (χ2v) is 5.88. The van der Waals surface area contributed by atoms with Crippen molar-refractivity contribution in [2.75, 3.05) is 20.6 Å². The second kappa shape index (κ2) is 7.27. The number of nitrogens with one attached hydrogen (secondary N) is 1. The van der Waals surface area contributed by atoms with Gasteiger partial charge in [0.15, 0.2) is 0 Å². The summed E-state index contributed by atoms with van der Waals surface area (Å²) in [4.78, 5) is 15.8. The monoisotopic (exact) mass is 340 g/mol. The van der Waals surface area contributed by atoms with Gasteiger partial charge in [-0.3, -0.25) is 9.69 Å². The minimum atomic E-state index is -0.142. The predicted molar refractivity (Wildman–Crippen MR) is 91.7 cm³/mol. The first-order chi connectivity index (χ1) is 12.0. The van der Waals surface area contributed by atoms with Crippen LogP contribution in [0.1, 0.15) is 22.2 Å². The maximum absolute atomic E-state index is 12.4. The zero-order valence-corrected chi connectivity index (χ0v) is 14.4. The third kappa shape index (κ3) is 3.92. The fourth-order valence-electron chi connectivity index (χ4n) is 2.48. The second-order valence-electron chi connectivity index (χ2n) is 5.88. The van der Waals surface area contributed by atoms with E-state index in [1.807, 2.05) is 43.3 Å². The van der Waals surface area contributed by atoms with Crippen LogP contribution in [0, 0.1) is 0 Å². The Bertz CT molecular complexity index is 823. The Morgan fingerprint density at radius 1 is 1.28 bits per heavy atom. The molecule has 0 saturated heterocycles. The molecule has 0 aliphatic rings. The van der Waals surface area contributed by atoms with E-state index < -0.39 is 0 Å². The van der Waals surface area contributed by atoms with Gasteiger partial charge in [0.05, 0.1) is 19.4 Å². The van der Waals surface area contributed by atoms with E-state index in [0.29, 0.717) is 17.9 Å². The lowest BCUT2D eigenvalue weighted by Gasteiger charge is -2.22. The van der Waals surface area contributed by atoms with Gasteiger partial charge < -0.3 is 9.73 Å². The van der Waals surface area contributed by atoms with Crippen LogP contribution in [0.25, 0.3) is 11.4 Å². The molecule has 0 aliphatic carbocycles. The Morgan fingerprint density at radius 2 is 2.04 bits per heavy atom. The summed E-state index contributed by atoms with van der Waals surface area (Å²) < 4.78 is 5.45. The topological polar surface area (TPSA) is 89.1 Å². The largest absolute Gasteiger partial charge is 0.468 e. The standard InChI is InChI=1S/C17H20N6O2/c1-22(2)14(15-5-4-10-25-15)11-18-17(24)13-8-6-12(7-9-13)16-19-21-23(3)20-16/h4-10,14H,11H2,1-3H3,(H,18,24)/t14-/m1/s1. The van der Waals surface area contributed by atoms with Crippen molar-refractivity contribution in [3.05, 3.63) is 54.0 Å². The number of rotatable bonds is 6. The summed E-state index contributed by atoms with van der Waals surface area (Å²) >= 11 is 0. The van der Waals surface area contributed by atoms with Gasteiger partial charge >= 0.3 is 0 Å². The summed E-state index contributed by atoms with van der Waals surface area (Å²) in [5.41, 5.74) is 1.39. The number of aromatic nitrogens is 4. The number of tetrazole rings is 1.